The van der Waals surface area contributed by atoms with Gasteiger partial charge < -0.3 is 10.1 Å². The second-order valence-electron chi connectivity index (χ2n) is 5.16. The van der Waals surface area contributed by atoms with E-state index >= 15 is 0 Å². The number of hydrogen-bond acceptors (Lipinski definition) is 4. The lowest BCUT2D eigenvalue weighted by molar-refractivity contribution is 0.254. The van der Waals surface area contributed by atoms with Crippen molar-refractivity contribution in [3.05, 3.63) is 66.6 Å². The first-order valence-electron chi connectivity index (χ1n) is 7.59. The highest BCUT2D eigenvalue weighted by atomic mass is 19.1. The molecule has 3 aromatic rings. The number of hydrogen-bond donors (Lipinski definition) is 2. The highest BCUT2D eigenvalue weighted by molar-refractivity contribution is 5.88. The maximum Gasteiger partial charge on any atom is 0.320 e. The predicted molar refractivity (Wildman–Crippen MR) is 92.0 cm³/mol. The van der Waals surface area contributed by atoms with Crippen molar-refractivity contribution in [1.29, 1.82) is 0 Å². The molecular weight excluding hydrogens is 342 g/mol. The van der Waals surface area contributed by atoms with Gasteiger partial charge in [0.15, 0.2) is 17.4 Å². The second-order valence-corrected chi connectivity index (χ2v) is 5.16. The van der Waals surface area contributed by atoms with Gasteiger partial charge in [-0.1, -0.05) is 6.07 Å². The fourth-order valence-electron chi connectivity index (χ4n) is 2.21. The van der Waals surface area contributed by atoms with Gasteiger partial charge in [-0.25, -0.2) is 18.6 Å². The zero-order chi connectivity index (χ0) is 18.5. The predicted octanol–water partition coefficient (Wildman–Crippen LogP) is 3.97. The van der Waals surface area contributed by atoms with E-state index in [-0.39, 0.29) is 11.6 Å². The van der Waals surface area contributed by atoms with Crippen LogP contribution < -0.4 is 15.4 Å². The standard InChI is InChI=1S/C18H14F2N4O2/c1-21-18(25)24-16-9-15(26-17-13(19)3-2-4-14(17)20)12(10-23-16)11-5-7-22-8-6-11/h2-10H,1H3,(H2,21,23,24,25). The van der Waals surface area contributed by atoms with E-state index in [2.05, 4.69) is 20.6 Å². The van der Waals surface area contributed by atoms with Crippen molar-refractivity contribution >= 4 is 11.8 Å². The van der Waals surface area contributed by atoms with Crippen LogP contribution in [-0.2, 0) is 0 Å². The van der Waals surface area contributed by atoms with Gasteiger partial charge in [-0.05, 0) is 29.8 Å². The van der Waals surface area contributed by atoms with Crippen molar-refractivity contribution in [3.8, 4) is 22.6 Å². The third-order valence-electron chi connectivity index (χ3n) is 3.46. The molecule has 1 aromatic carbocycles. The number of rotatable bonds is 4. The van der Waals surface area contributed by atoms with Crippen molar-refractivity contribution in [2.75, 3.05) is 12.4 Å². The summed E-state index contributed by atoms with van der Waals surface area (Å²) in [6.07, 6.45) is 4.58. The van der Waals surface area contributed by atoms with Crippen LogP contribution in [0, 0.1) is 11.6 Å². The quantitative estimate of drug-likeness (QED) is 0.742. The Bertz CT molecular complexity index is 915. The minimum atomic E-state index is -0.844. The van der Waals surface area contributed by atoms with E-state index in [9.17, 15) is 13.6 Å². The lowest BCUT2D eigenvalue weighted by Crippen LogP contribution is -2.24. The molecule has 2 amide bonds. The van der Waals surface area contributed by atoms with Crippen LogP contribution in [0.15, 0.2) is 55.0 Å². The highest BCUT2D eigenvalue weighted by Gasteiger charge is 2.16. The Kier molecular flexibility index (Phi) is 5.02. The lowest BCUT2D eigenvalue weighted by Gasteiger charge is -2.14. The normalized spacial score (nSPS) is 10.3. The molecule has 2 aromatic heterocycles. The van der Waals surface area contributed by atoms with Crippen LogP contribution in [0.5, 0.6) is 11.5 Å². The van der Waals surface area contributed by atoms with Gasteiger partial charge in [0.25, 0.3) is 0 Å². The highest BCUT2D eigenvalue weighted by Crippen LogP contribution is 2.36. The van der Waals surface area contributed by atoms with Gasteiger partial charge >= 0.3 is 6.03 Å². The molecule has 0 radical (unpaired) electrons. The number of nitrogens with zero attached hydrogens (tertiary/aromatic N) is 2. The van der Waals surface area contributed by atoms with Crippen molar-refractivity contribution in [2.45, 2.75) is 0 Å². The van der Waals surface area contributed by atoms with E-state index in [4.69, 9.17) is 4.74 Å². The number of urea groups is 1. The molecule has 0 fully saturated rings. The molecule has 0 saturated carbocycles. The molecular formula is C18H14F2N4O2. The molecule has 0 bridgehead atoms. The van der Waals surface area contributed by atoms with E-state index in [1.165, 1.54) is 25.4 Å². The number of pyridine rings is 2. The third kappa shape index (κ3) is 3.75. The summed E-state index contributed by atoms with van der Waals surface area (Å²) in [6, 6.07) is 7.73. The van der Waals surface area contributed by atoms with Crippen LogP contribution in [0.2, 0.25) is 0 Å². The molecule has 132 valence electrons. The molecule has 2 heterocycles. The average Bonchev–Trinajstić information content (AvgIpc) is 2.65. The number of carbonyl (C=O) groups is 1. The van der Waals surface area contributed by atoms with Crippen LogP contribution in [-0.4, -0.2) is 23.0 Å². The fourth-order valence-corrected chi connectivity index (χ4v) is 2.21. The van der Waals surface area contributed by atoms with Crippen molar-refractivity contribution in [1.82, 2.24) is 15.3 Å². The SMILES string of the molecule is CNC(=O)Nc1cc(Oc2c(F)cccc2F)c(-c2ccncc2)cn1. The Labute approximate surface area is 147 Å². The molecule has 0 atom stereocenters. The maximum atomic E-state index is 14.0. The number of carbonyl (C=O) groups excluding carboxylic acids is 1. The minimum Gasteiger partial charge on any atom is -0.450 e. The Balaban J connectivity index is 2.06. The largest absolute Gasteiger partial charge is 0.450 e. The topological polar surface area (TPSA) is 76.1 Å². The van der Waals surface area contributed by atoms with E-state index in [0.29, 0.717) is 11.1 Å². The second kappa shape index (κ2) is 7.56. The Hall–Kier alpha value is -3.55. The first-order valence-corrected chi connectivity index (χ1v) is 7.59. The summed E-state index contributed by atoms with van der Waals surface area (Å²) < 4.78 is 33.4. The summed E-state index contributed by atoms with van der Waals surface area (Å²) >= 11 is 0. The first kappa shape index (κ1) is 17.3. The molecule has 26 heavy (non-hydrogen) atoms. The Morgan fingerprint density at radius 2 is 1.81 bits per heavy atom. The van der Waals surface area contributed by atoms with Gasteiger partial charge in [-0.3, -0.25) is 10.3 Å². The van der Waals surface area contributed by atoms with E-state index in [1.807, 2.05) is 0 Å². The van der Waals surface area contributed by atoms with Gasteiger partial charge in [0, 0.05) is 37.3 Å². The number of para-hydroxylation sites is 1. The number of ether oxygens (including phenoxy) is 1. The maximum absolute atomic E-state index is 14.0. The molecule has 0 aliphatic carbocycles. The number of nitrogens with one attached hydrogen (secondary N) is 2. The number of aromatic nitrogens is 2. The number of anilines is 1. The number of benzene rings is 1. The van der Waals surface area contributed by atoms with Crippen LogP contribution in [0.25, 0.3) is 11.1 Å². The Morgan fingerprint density at radius 3 is 2.46 bits per heavy atom. The molecule has 0 unspecified atom stereocenters. The smallest absolute Gasteiger partial charge is 0.320 e. The summed E-state index contributed by atoms with van der Waals surface area (Å²) in [5.41, 5.74) is 1.17. The lowest BCUT2D eigenvalue weighted by atomic mass is 10.1. The molecule has 0 saturated heterocycles. The molecule has 0 aliphatic heterocycles. The average molecular weight is 356 g/mol. The molecule has 6 nitrogen and oxygen atoms in total. The summed E-state index contributed by atoms with van der Waals surface area (Å²) in [5.74, 6) is -1.94. The number of halogens is 2. The molecule has 8 heteroatoms. The van der Waals surface area contributed by atoms with Crippen molar-refractivity contribution < 1.29 is 18.3 Å². The van der Waals surface area contributed by atoms with E-state index in [0.717, 1.165) is 12.1 Å². The summed E-state index contributed by atoms with van der Waals surface area (Å²) in [5, 5.41) is 4.87. The monoisotopic (exact) mass is 356 g/mol. The molecule has 0 aliphatic rings. The van der Waals surface area contributed by atoms with E-state index < -0.39 is 23.4 Å². The summed E-state index contributed by atoms with van der Waals surface area (Å²) in [4.78, 5) is 19.5. The van der Waals surface area contributed by atoms with Crippen LogP contribution in [0.1, 0.15) is 0 Å². The van der Waals surface area contributed by atoms with Crippen LogP contribution >= 0.6 is 0 Å². The van der Waals surface area contributed by atoms with Crippen LogP contribution in [0.4, 0.5) is 19.4 Å². The third-order valence-corrected chi connectivity index (χ3v) is 3.46. The van der Waals surface area contributed by atoms with Crippen molar-refractivity contribution in [2.24, 2.45) is 0 Å². The van der Waals surface area contributed by atoms with E-state index in [1.54, 1.807) is 24.5 Å². The van der Waals surface area contributed by atoms with Crippen molar-refractivity contribution in [3.63, 3.8) is 0 Å². The van der Waals surface area contributed by atoms with Gasteiger partial charge in [-0.2, -0.15) is 0 Å². The van der Waals surface area contributed by atoms with Gasteiger partial charge in [0.05, 0.1) is 0 Å². The first-order chi connectivity index (χ1) is 12.6. The molecule has 0 spiro atoms. The van der Waals surface area contributed by atoms with Gasteiger partial charge in [0.1, 0.15) is 11.6 Å². The van der Waals surface area contributed by atoms with Crippen LogP contribution in [0.3, 0.4) is 0 Å². The fraction of sp³-hybridized carbons (Fsp3) is 0.0556. The Morgan fingerprint density at radius 1 is 1.12 bits per heavy atom. The molecule has 3 rings (SSSR count). The minimum absolute atomic E-state index is 0.126. The number of amides is 2. The zero-order valence-electron chi connectivity index (χ0n) is 13.7. The summed E-state index contributed by atoms with van der Waals surface area (Å²) in [6.45, 7) is 0. The van der Waals surface area contributed by atoms with Gasteiger partial charge in [0.2, 0.25) is 0 Å². The molecule has 2 N–H and O–H groups in total. The van der Waals surface area contributed by atoms with Gasteiger partial charge in [-0.15, -0.1) is 0 Å². The summed E-state index contributed by atoms with van der Waals surface area (Å²) in [7, 11) is 1.45. The zero-order valence-corrected chi connectivity index (χ0v) is 13.7.